The molecule has 0 saturated carbocycles. The number of carbonyl (C=O) groups excluding carboxylic acids is 1. The van der Waals surface area contributed by atoms with E-state index in [2.05, 4.69) is 0 Å². The molecule has 1 aromatic rings. The lowest BCUT2D eigenvalue weighted by Crippen LogP contribution is -2.30. The molecule has 0 fully saturated rings. The smallest absolute Gasteiger partial charge is 0.146 e. The largest absolute Gasteiger partial charge is 0.321 e. The van der Waals surface area contributed by atoms with Gasteiger partial charge < -0.3 is 5.73 Å². The van der Waals surface area contributed by atoms with Crippen molar-refractivity contribution in [2.24, 2.45) is 5.73 Å². The number of hydrogen-bond donors (Lipinski definition) is 1. The molecule has 0 aliphatic rings. The summed E-state index contributed by atoms with van der Waals surface area (Å²) in [6.45, 7) is 3.56. The fourth-order valence-electron chi connectivity index (χ4n) is 1.12. The summed E-state index contributed by atoms with van der Waals surface area (Å²) in [5, 5.41) is 0. The Labute approximate surface area is 78.8 Å². The molecule has 0 bridgehead atoms. The highest BCUT2D eigenvalue weighted by atomic mass is 16.1. The molecule has 0 aliphatic heterocycles. The van der Waals surface area contributed by atoms with E-state index in [0.29, 0.717) is 6.42 Å². The second-order valence-electron chi connectivity index (χ2n) is 3.41. The molecule has 1 unspecified atom stereocenters. The van der Waals surface area contributed by atoms with Crippen LogP contribution in [0.3, 0.4) is 0 Å². The predicted octanol–water partition coefficient (Wildman–Crippen LogP) is 1.45. The van der Waals surface area contributed by atoms with Gasteiger partial charge in [-0.25, -0.2) is 0 Å². The van der Waals surface area contributed by atoms with Crippen LogP contribution < -0.4 is 5.73 Å². The van der Waals surface area contributed by atoms with E-state index in [1.807, 2.05) is 31.2 Å². The molecule has 0 saturated heterocycles. The number of rotatable bonds is 3. The van der Waals surface area contributed by atoms with Crippen molar-refractivity contribution in [1.29, 1.82) is 0 Å². The minimum atomic E-state index is -0.359. The first-order valence-electron chi connectivity index (χ1n) is 4.41. The quantitative estimate of drug-likeness (QED) is 0.759. The van der Waals surface area contributed by atoms with Crippen molar-refractivity contribution in [2.45, 2.75) is 26.3 Å². The average Bonchev–Trinajstić information content (AvgIpc) is 2.08. The Kier molecular flexibility index (Phi) is 3.20. The molecule has 70 valence electrons. The third kappa shape index (κ3) is 2.99. The lowest BCUT2D eigenvalue weighted by atomic mass is 10.0. The number of benzene rings is 1. The molecule has 0 spiro atoms. The molecule has 0 aliphatic carbocycles. The zero-order valence-electron chi connectivity index (χ0n) is 8.08. The fraction of sp³-hybridized carbons (Fsp3) is 0.364. The van der Waals surface area contributed by atoms with Gasteiger partial charge in [0.2, 0.25) is 0 Å². The van der Waals surface area contributed by atoms with Gasteiger partial charge in [-0.15, -0.1) is 0 Å². The molecule has 0 amide bonds. The van der Waals surface area contributed by atoms with Crippen LogP contribution in [0.4, 0.5) is 0 Å². The predicted molar refractivity (Wildman–Crippen MR) is 53.5 cm³/mol. The minimum absolute atomic E-state index is 0.0422. The Hall–Kier alpha value is -1.15. The van der Waals surface area contributed by atoms with Gasteiger partial charge in [-0.3, -0.25) is 4.79 Å². The summed E-state index contributed by atoms with van der Waals surface area (Å²) in [5.41, 5.74) is 7.98. The van der Waals surface area contributed by atoms with Gasteiger partial charge in [0.1, 0.15) is 5.78 Å². The van der Waals surface area contributed by atoms with E-state index in [1.54, 1.807) is 0 Å². The maximum Gasteiger partial charge on any atom is 0.146 e. The summed E-state index contributed by atoms with van der Waals surface area (Å²) < 4.78 is 0. The van der Waals surface area contributed by atoms with Gasteiger partial charge in [0, 0.05) is 0 Å². The fourth-order valence-corrected chi connectivity index (χ4v) is 1.12. The highest BCUT2D eigenvalue weighted by molar-refractivity contribution is 5.81. The van der Waals surface area contributed by atoms with Crippen molar-refractivity contribution in [1.82, 2.24) is 0 Å². The summed E-state index contributed by atoms with van der Waals surface area (Å²) in [7, 11) is 0. The SMILES string of the molecule is CC(=O)C(N)Cc1ccc(C)cc1. The monoisotopic (exact) mass is 177 g/mol. The highest BCUT2D eigenvalue weighted by Crippen LogP contribution is 2.05. The van der Waals surface area contributed by atoms with E-state index in [4.69, 9.17) is 5.73 Å². The molecule has 0 heterocycles. The van der Waals surface area contributed by atoms with E-state index in [1.165, 1.54) is 12.5 Å². The van der Waals surface area contributed by atoms with Crippen molar-refractivity contribution >= 4 is 5.78 Å². The standard InChI is InChI=1S/C11H15NO/c1-8-3-5-10(6-4-8)7-11(12)9(2)13/h3-6,11H,7,12H2,1-2H3. The van der Waals surface area contributed by atoms with Crippen LogP contribution >= 0.6 is 0 Å². The molecule has 1 aromatic carbocycles. The number of aryl methyl sites for hydroxylation is 1. The molecule has 0 aromatic heterocycles. The van der Waals surface area contributed by atoms with Crippen LogP contribution in [-0.2, 0) is 11.2 Å². The molecule has 1 atom stereocenters. The average molecular weight is 177 g/mol. The molecular weight excluding hydrogens is 162 g/mol. The van der Waals surface area contributed by atoms with Crippen LogP contribution in [0.1, 0.15) is 18.1 Å². The van der Waals surface area contributed by atoms with Crippen molar-refractivity contribution in [3.8, 4) is 0 Å². The van der Waals surface area contributed by atoms with E-state index in [-0.39, 0.29) is 11.8 Å². The molecule has 1 rings (SSSR count). The first-order chi connectivity index (χ1) is 6.09. The second-order valence-corrected chi connectivity index (χ2v) is 3.41. The van der Waals surface area contributed by atoms with E-state index in [9.17, 15) is 4.79 Å². The van der Waals surface area contributed by atoms with Crippen LogP contribution in [-0.4, -0.2) is 11.8 Å². The third-order valence-corrected chi connectivity index (χ3v) is 2.10. The van der Waals surface area contributed by atoms with Gasteiger partial charge in [0.25, 0.3) is 0 Å². The van der Waals surface area contributed by atoms with Crippen LogP contribution in [0.2, 0.25) is 0 Å². The van der Waals surface area contributed by atoms with Gasteiger partial charge in [-0.2, -0.15) is 0 Å². The number of hydrogen-bond acceptors (Lipinski definition) is 2. The molecule has 2 nitrogen and oxygen atoms in total. The van der Waals surface area contributed by atoms with Crippen molar-refractivity contribution in [3.05, 3.63) is 35.4 Å². The Morgan fingerprint density at radius 2 is 1.92 bits per heavy atom. The molecular formula is C11H15NO. The number of Topliss-reactive ketones (excluding diaryl/α,β-unsaturated/α-hetero) is 1. The topological polar surface area (TPSA) is 43.1 Å². The van der Waals surface area contributed by atoms with Crippen molar-refractivity contribution in [3.63, 3.8) is 0 Å². The Morgan fingerprint density at radius 1 is 1.38 bits per heavy atom. The van der Waals surface area contributed by atoms with Gasteiger partial charge in [-0.1, -0.05) is 29.8 Å². The number of carbonyl (C=O) groups is 1. The number of nitrogens with two attached hydrogens (primary N) is 1. The zero-order chi connectivity index (χ0) is 9.84. The van der Waals surface area contributed by atoms with E-state index in [0.717, 1.165) is 5.56 Å². The maximum absolute atomic E-state index is 10.9. The van der Waals surface area contributed by atoms with Crippen molar-refractivity contribution in [2.75, 3.05) is 0 Å². The molecule has 2 heteroatoms. The van der Waals surface area contributed by atoms with Gasteiger partial charge in [0.05, 0.1) is 6.04 Å². The second kappa shape index (κ2) is 4.19. The Balaban J connectivity index is 2.64. The maximum atomic E-state index is 10.9. The first-order valence-corrected chi connectivity index (χ1v) is 4.41. The van der Waals surface area contributed by atoms with Gasteiger partial charge in [-0.05, 0) is 25.8 Å². The number of ketones is 1. The molecule has 2 N–H and O–H groups in total. The van der Waals surface area contributed by atoms with Crippen LogP contribution in [0, 0.1) is 6.92 Å². The van der Waals surface area contributed by atoms with Crippen molar-refractivity contribution < 1.29 is 4.79 Å². The van der Waals surface area contributed by atoms with E-state index < -0.39 is 0 Å². The van der Waals surface area contributed by atoms with Crippen LogP contribution in [0.25, 0.3) is 0 Å². The normalized spacial score (nSPS) is 12.5. The minimum Gasteiger partial charge on any atom is -0.321 e. The Morgan fingerprint density at radius 3 is 2.38 bits per heavy atom. The van der Waals surface area contributed by atoms with E-state index >= 15 is 0 Å². The van der Waals surface area contributed by atoms with Gasteiger partial charge >= 0.3 is 0 Å². The molecule has 0 radical (unpaired) electrons. The lowest BCUT2D eigenvalue weighted by molar-refractivity contribution is -0.118. The van der Waals surface area contributed by atoms with Crippen LogP contribution in [0.5, 0.6) is 0 Å². The summed E-state index contributed by atoms with van der Waals surface area (Å²) >= 11 is 0. The Bertz CT molecular complexity index is 289. The van der Waals surface area contributed by atoms with Gasteiger partial charge in [0.15, 0.2) is 0 Å². The first kappa shape index (κ1) is 9.93. The lowest BCUT2D eigenvalue weighted by Gasteiger charge is -2.07. The summed E-state index contributed by atoms with van der Waals surface area (Å²) in [6, 6.07) is 7.73. The summed E-state index contributed by atoms with van der Waals surface area (Å²) in [6.07, 6.45) is 0.635. The summed E-state index contributed by atoms with van der Waals surface area (Å²) in [4.78, 5) is 10.9. The zero-order valence-corrected chi connectivity index (χ0v) is 8.08. The third-order valence-electron chi connectivity index (χ3n) is 2.10. The molecule has 13 heavy (non-hydrogen) atoms. The highest BCUT2D eigenvalue weighted by Gasteiger charge is 2.07. The summed E-state index contributed by atoms with van der Waals surface area (Å²) in [5.74, 6) is 0.0422. The van der Waals surface area contributed by atoms with Crippen LogP contribution in [0.15, 0.2) is 24.3 Å².